The van der Waals surface area contributed by atoms with E-state index in [1.807, 2.05) is 17.5 Å². The molecule has 2 aliphatic heterocycles. The first-order valence-corrected chi connectivity index (χ1v) is 11.0. The van der Waals surface area contributed by atoms with Crippen molar-refractivity contribution in [2.24, 2.45) is 0 Å². The van der Waals surface area contributed by atoms with E-state index in [1.54, 1.807) is 22.8 Å². The van der Waals surface area contributed by atoms with E-state index in [2.05, 4.69) is 5.32 Å². The number of fused-ring (bicyclic) bond motifs is 1. The molecule has 0 bridgehead atoms. The number of thiophene rings is 1. The Balaban J connectivity index is 1.48. The SMILES string of the molecule is O=C(CN1C(=O)N(CCc2cccs2)C(=O)C2SC=CC21)Nc1ccc(F)cc1F. The Morgan fingerprint density at radius 2 is 2.03 bits per heavy atom. The van der Waals surface area contributed by atoms with Gasteiger partial charge in [0.25, 0.3) is 0 Å². The first-order chi connectivity index (χ1) is 14.4. The van der Waals surface area contributed by atoms with Crippen molar-refractivity contribution in [1.29, 1.82) is 0 Å². The van der Waals surface area contributed by atoms with Gasteiger partial charge in [-0.15, -0.1) is 23.1 Å². The molecule has 6 nitrogen and oxygen atoms in total. The molecule has 156 valence electrons. The van der Waals surface area contributed by atoms with Gasteiger partial charge in [0.15, 0.2) is 0 Å². The summed E-state index contributed by atoms with van der Waals surface area (Å²) < 4.78 is 26.9. The minimum Gasteiger partial charge on any atom is -0.322 e. The molecule has 0 aliphatic carbocycles. The highest BCUT2D eigenvalue weighted by Crippen LogP contribution is 2.34. The highest BCUT2D eigenvalue weighted by molar-refractivity contribution is 8.03. The van der Waals surface area contributed by atoms with Crippen molar-refractivity contribution in [3.63, 3.8) is 0 Å². The predicted octanol–water partition coefficient (Wildman–Crippen LogP) is 3.47. The highest BCUT2D eigenvalue weighted by atomic mass is 32.2. The molecule has 2 aromatic rings. The van der Waals surface area contributed by atoms with Gasteiger partial charge in [-0.2, -0.15) is 0 Å². The van der Waals surface area contributed by atoms with E-state index in [-0.39, 0.29) is 24.7 Å². The van der Waals surface area contributed by atoms with Crippen LogP contribution in [0.5, 0.6) is 0 Å². The second-order valence-electron chi connectivity index (χ2n) is 6.78. The van der Waals surface area contributed by atoms with Crippen LogP contribution in [0, 0.1) is 11.6 Å². The Kier molecular flexibility index (Phi) is 5.87. The zero-order valence-corrected chi connectivity index (χ0v) is 17.2. The van der Waals surface area contributed by atoms with Gasteiger partial charge in [0.1, 0.15) is 23.4 Å². The third kappa shape index (κ3) is 4.10. The van der Waals surface area contributed by atoms with E-state index in [0.717, 1.165) is 17.0 Å². The van der Waals surface area contributed by atoms with E-state index in [1.165, 1.54) is 21.6 Å². The van der Waals surface area contributed by atoms with Gasteiger partial charge in [-0.3, -0.25) is 14.5 Å². The van der Waals surface area contributed by atoms with Gasteiger partial charge < -0.3 is 10.2 Å². The fourth-order valence-electron chi connectivity index (χ4n) is 3.38. The zero-order chi connectivity index (χ0) is 21.3. The lowest BCUT2D eigenvalue weighted by Crippen LogP contribution is -2.63. The van der Waals surface area contributed by atoms with E-state index in [0.29, 0.717) is 12.5 Å². The number of carbonyl (C=O) groups is 3. The fourth-order valence-corrected chi connectivity index (χ4v) is 5.15. The topological polar surface area (TPSA) is 69.7 Å². The molecule has 2 atom stereocenters. The normalized spacial score (nSPS) is 20.6. The van der Waals surface area contributed by atoms with Gasteiger partial charge in [-0.25, -0.2) is 13.6 Å². The molecule has 1 aromatic carbocycles. The van der Waals surface area contributed by atoms with E-state index >= 15 is 0 Å². The number of anilines is 1. The molecule has 0 saturated carbocycles. The number of halogens is 2. The van der Waals surface area contributed by atoms with Crippen molar-refractivity contribution in [2.75, 3.05) is 18.4 Å². The molecule has 2 unspecified atom stereocenters. The average molecular weight is 450 g/mol. The van der Waals surface area contributed by atoms with Crippen molar-refractivity contribution in [3.05, 3.63) is 63.7 Å². The molecule has 0 radical (unpaired) electrons. The quantitative estimate of drug-likeness (QED) is 0.733. The smallest absolute Gasteiger partial charge is 0.322 e. The van der Waals surface area contributed by atoms with Gasteiger partial charge in [-0.1, -0.05) is 12.1 Å². The minimum atomic E-state index is -0.907. The van der Waals surface area contributed by atoms with Crippen molar-refractivity contribution in [3.8, 4) is 0 Å². The number of thioether (sulfide) groups is 1. The minimum absolute atomic E-state index is 0.177. The number of urea groups is 1. The lowest BCUT2D eigenvalue weighted by Gasteiger charge is -2.40. The molecule has 2 aliphatic rings. The highest BCUT2D eigenvalue weighted by Gasteiger charge is 2.47. The Bertz CT molecular complexity index is 1010. The number of rotatable bonds is 6. The summed E-state index contributed by atoms with van der Waals surface area (Å²) in [6.07, 6.45) is 2.25. The Morgan fingerprint density at radius 3 is 2.77 bits per heavy atom. The van der Waals surface area contributed by atoms with Crippen molar-refractivity contribution in [1.82, 2.24) is 9.80 Å². The van der Waals surface area contributed by atoms with Gasteiger partial charge in [0.05, 0.1) is 11.7 Å². The summed E-state index contributed by atoms with van der Waals surface area (Å²) >= 11 is 2.85. The monoisotopic (exact) mass is 449 g/mol. The molecular weight excluding hydrogens is 432 g/mol. The Morgan fingerprint density at radius 1 is 1.20 bits per heavy atom. The van der Waals surface area contributed by atoms with Crippen molar-refractivity contribution < 1.29 is 23.2 Å². The predicted molar refractivity (Wildman–Crippen MR) is 111 cm³/mol. The van der Waals surface area contributed by atoms with Crippen molar-refractivity contribution in [2.45, 2.75) is 17.7 Å². The lowest BCUT2D eigenvalue weighted by molar-refractivity contribution is -0.132. The Labute approximate surface area is 179 Å². The maximum absolute atomic E-state index is 13.8. The third-order valence-corrected chi connectivity index (χ3v) is 6.86. The summed E-state index contributed by atoms with van der Waals surface area (Å²) in [5, 5.41) is 5.51. The van der Waals surface area contributed by atoms with Gasteiger partial charge in [0, 0.05) is 17.5 Å². The largest absolute Gasteiger partial charge is 0.327 e. The first-order valence-electron chi connectivity index (χ1n) is 9.15. The molecule has 30 heavy (non-hydrogen) atoms. The maximum Gasteiger partial charge on any atom is 0.327 e. The van der Waals surface area contributed by atoms with E-state index in [4.69, 9.17) is 0 Å². The molecule has 10 heteroatoms. The standard InChI is InChI=1S/C20H17F2N3O3S2/c21-12-3-4-15(14(22)10-12)23-17(26)11-25-16-6-9-30-18(16)19(27)24(20(25)28)7-5-13-2-1-8-29-13/h1-4,6,8-10,16,18H,5,7,11H2,(H,23,26). The third-order valence-electron chi connectivity index (χ3n) is 4.84. The number of amides is 4. The zero-order valence-electron chi connectivity index (χ0n) is 15.6. The Hall–Kier alpha value is -2.72. The number of carbonyl (C=O) groups excluding carboxylic acids is 3. The first kappa shape index (κ1) is 20.5. The van der Waals surface area contributed by atoms with Crippen LogP contribution < -0.4 is 5.32 Å². The number of nitrogens with zero attached hydrogens (tertiary/aromatic N) is 2. The summed E-state index contributed by atoms with van der Waals surface area (Å²) in [5.41, 5.74) is -0.177. The number of imide groups is 1. The molecule has 1 aromatic heterocycles. The summed E-state index contributed by atoms with van der Waals surface area (Å²) in [7, 11) is 0. The fraction of sp³-hybridized carbons (Fsp3) is 0.250. The number of benzene rings is 1. The van der Waals surface area contributed by atoms with Crippen LogP contribution in [0.4, 0.5) is 19.3 Å². The van der Waals surface area contributed by atoms with Crippen LogP contribution in [0.3, 0.4) is 0 Å². The van der Waals surface area contributed by atoms with Crippen LogP contribution in [0.15, 0.2) is 47.2 Å². The number of hydrogen-bond donors (Lipinski definition) is 1. The molecule has 0 spiro atoms. The number of nitrogens with one attached hydrogen (secondary N) is 1. The van der Waals surface area contributed by atoms with Crippen LogP contribution in [0.2, 0.25) is 0 Å². The second-order valence-corrected chi connectivity index (χ2v) is 8.86. The van der Waals surface area contributed by atoms with Gasteiger partial charge in [0.2, 0.25) is 11.8 Å². The summed E-state index contributed by atoms with van der Waals surface area (Å²) in [4.78, 5) is 41.9. The number of hydrogen-bond acceptors (Lipinski definition) is 5. The summed E-state index contributed by atoms with van der Waals surface area (Å²) in [6.45, 7) is -0.142. The molecule has 3 heterocycles. The molecule has 4 amide bonds. The van der Waals surface area contributed by atoms with Gasteiger partial charge >= 0.3 is 6.03 Å². The summed E-state index contributed by atoms with van der Waals surface area (Å²) in [5.74, 6) is -2.58. The van der Waals surface area contributed by atoms with Crippen LogP contribution in [0.25, 0.3) is 0 Å². The van der Waals surface area contributed by atoms with E-state index < -0.39 is 34.9 Å². The second kappa shape index (κ2) is 8.57. The molecule has 4 rings (SSSR count). The van der Waals surface area contributed by atoms with Crippen molar-refractivity contribution >= 4 is 46.6 Å². The molecular formula is C20H17F2N3O3S2. The van der Waals surface area contributed by atoms with Crippen LogP contribution in [-0.4, -0.2) is 52.0 Å². The van der Waals surface area contributed by atoms with Crippen LogP contribution >= 0.6 is 23.1 Å². The molecule has 1 saturated heterocycles. The van der Waals surface area contributed by atoms with Gasteiger partial charge in [-0.05, 0) is 35.4 Å². The maximum atomic E-state index is 13.8. The molecule has 1 fully saturated rings. The summed E-state index contributed by atoms with van der Waals surface area (Å²) in [6, 6.07) is 5.54. The van der Waals surface area contributed by atoms with Crippen LogP contribution in [0.1, 0.15) is 4.88 Å². The molecule has 1 N–H and O–H groups in total. The average Bonchev–Trinajstić information content (AvgIpc) is 3.39. The van der Waals surface area contributed by atoms with E-state index in [9.17, 15) is 23.2 Å². The van der Waals surface area contributed by atoms with Crippen LogP contribution in [-0.2, 0) is 16.0 Å². The lowest BCUT2D eigenvalue weighted by atomic mass is 10.1.